The van der Waals surface area contributed by atoms with Gasteiger partial charge in [-0.1, -0.05) is 52.0 Å². The molecule has 0 saturated heterocycles. The van der Waals surface area contributed by atoms with Gasteiger partial charge in [0.2, 0.25) is 0 Å². The van der Waals surface area contributed by atoms with Crippen LogP contribution in [0.1, 0.15) is 40.5 Å². The molecule has 92 valence electrons. The fourth-order valence-electron chi connectivity index (χ4n) is 2.07. The molecule has 0 spiro atoms. The van der Waals surface area contributed by atoms with E-state index in [1.54, 1.807) is 0 Å². The molecular formula is C15H26O. The van der Waals surface area contributed by atoms with E-state index in [4.69, 9.17) is 0 Å². The van der Waals surface area contributed by atoms with E-state index in [9.17, 15) is 5.11 Å². The van der Waals surface area contributed by atoms with Gasteiger partial charge in [-0.2, -0.15) is 0 Å². The fraction of sp³-hybridized carbons (Fsp3) is 0.733. The van der Waals surface area contributed by atoms with Crippen LogP contribution in [0.3, 0.4) is 0 Å². The van der Waals surface area contributed by atoms with Gasteiger partial charge in [0, 0.05) is 0 Å². The van der Waals surface area contributed by atoms with E-state index >= 15 is 0 Å². The van der Waals surface area contributed by atoms with Gasteiger partial charge in [-0.25, -0.2) is 0 Å². The van der Waals surface area contributed by atoms with Gasteiger partial charge >= 0.3 is 0 Å². The van der Waals surface area contributed by atoms with Gasteiger partial charge in [-0.05, 0) is 36.5 Å². The highest BCUT2D eigenvalue weighted by Gasteiger charge is 2.17. The van der Waals surface area contributed by atoms with Crippen molar-refractivity contribution in [3.8, 4) is 0 Å². The van der Waals surface area contributed by atoms with E-state index in [1.165, 1.54) is 0 Å². The second kappa shape index (κ2) is 6.24. The summed E-state index contributed by atoms with van der Waals surface area (Å²) in [6, 6.07) is 0. The van der Waals surface area contributed by atoms with Crippen molar-refractivity contribution < 1.29 is 5.11 Å². The van der Waals surface area contributed by atoms with Gasteiger partial charge < -0.3 is 5.11 Å². The van der Waals surface area contributed by atoms with Crippen molar-refractivity contribution in [2.45, 2.75) is 46.6 Å². The number of aliphatic hydroxyl groups excluding tert-OH is 1. The molecule has 0 bridgehead atoms. The molecule has 2 atom stereocenters. The molecular weight excluding hydrogens is 196 g/mol. The Kier molecular flexibility index (Phi) is 5.27. The van der Waals surface area contributed by atoms with Crippen molar-refractivity contribution >= 4 is 0 Å². The lowest BCUT2D eigenvalue weighted by Crippen LogP contribution is -2.18. The van der Waals surface area contributed by atoms with Crippen LogP contribution in [-0.4, -0.2) is 11.2 Å². The Morgan fingerprint density at radius 2 is 1.56 bits per heavy atom. The Hall–Kier alpha value is -0.560. The predicted molar refractivity (Wildman–Crippen MR) is 70.2 cm³/mol. The van der Waals surface area contributed by atoms with Gasteiger partial charge in [0.25, 0.3) is 0 Å². The molecule has 16 heavy (non-hydrogen) atoms. The summed E-state index contributed by atoms with van der Waals surface area (Å²) < 4.78 is 0. The third-order valence-corrected chi connectivity index (χ3v) is 3.62. The molecule has 1 aliphatic carbocycles. The molecule has 0 saturated carbocycles. The Morgan fingerprint density at radius 3 is 2.06 bits per heavy atom. The van der Waals surface area contributed by atoms with Crippen LogP contribution in [0.15, 0.2) is 24.3 Å². The summed E-state index contributed by atoms with van der Waals surface area (Å²) in [5.74, 6) is 2.17. The summed E-state index contributed by atoms with van der Waals surface area (Å²) >= 11 is 0. The first-order valence-electron chi connectivity index (χ1n) is 6.55. The summed E-state index contributed by atoms with van der Waals surface area (Å²) in [7, 11) is 0. The third-order valence-electron chi connectivity index (χ3n) is 3.62. The van der Waals surface area contributed by atoms with E-state index in [0.717, 1.165) is 12.8 Å². The highest BCUT2D eigenvalue weighted by molar-refractivity contribution is 5.13. The predicted octanol–water partition coefficient (Wildman–Crippen LogP) is 3.80. The van der Waals surface area contributed by atoms with Crippen molar-refractivity contribution in [2.75, 3.05) is 0 Å². The van der Waals surface area contributed by atoms with Gasteiger partial charge in [0.1, 0.15) is 0 Å². The van der Waals surface area contributed by atoms with Gasteiger partial charge in [0.05, 0.1) is 6.10 Å². The number of rotatable bonds is 5. The minimum atomic E-state index is -0.141. The molecule has 0 aromatic carbocycles. The smallest absolute Gasteiger partial charge is 0.0563 e. The normalized spacial score (nSPS) is 28.4. The molecule has 1 heteroatoms. The average molecular weight is 222 g/mol. The maximum absolute atomic E-state index is 9.78. The maximum atomic E-state index is 9.78. The van der Waals surface area contributed by atoms with E-state index in [1.807, 2.05) is 0 Å². The number of aliphatic hydroxyl groups is 1. The van der Waals surface area contributed by atoms with Crippen LogP contribution in [0.5, 0.6) is 0 Å². The number of allylic oxidation sites excluding steroid dienone is 4. The summed E-state index contributed by atoms with van der Waals surface area (Å²) in [5.41, 5.74) is 0. The standard InChI is InChI=1S/C15H26O/c1-11(2)15(16)10-7-13(4)14-8-5-12(3)6-9-14/h5-6,8-9,11-16H,7,10H2,1-4H3. The first-order chi connectivity index (χ1) is 7.50. The van der Waals surface area contributed by atoms with Crippen LogP contribution in [0, 0.1) is 23.7 Å². The largest absolute Gasteiger partial charge is 0.393 e. The Labute approximate surface area is 100 Å². The lowest BCUT2D eigenvalue weighted by molar-refractivity contribution is 0.107. The number of hydrogen-bond donors (Lipinski definition) is 1. The molecule has 0 radical (unpaired) electrons. The van der Waals surface area contributed by atoms with Crippen molar-refractivity contribution in [3.05, 3.63) is 24.3 Å². The highest BCUT2D eigenvalue weighted by atomic mass is 16.3. The Bertz CT molecular complexity index is 238. The van der Waals surface area contributed by atoms with Crippen LogP contribution >= 0.6 is 0 Å². The van der Waals surface area contributed by atoms with Gasteiger partial charge in [0.15, 0.2) is 0 Å². The van der Waals surface area contributed by atoms with E-state index in [-0.39, 0.29) is 6.10 Å². The first-order valence-corrected chi connectivity index (χ1v) is 6.55. The van der Waals surface area contributed by atoms with Crippen LogP contribution < -0.4 is 0 Å². The van der Waals surface area contributed by atoms with E-state index in [0.29, 0.717) is 23.7 Å². The van der Waals surface area contributed by atoms with Crippen molar-refractivity contribution in [2.24, 2.45) is 23.7 Å². The summed E-state index contributed by atoms with van der Waals surface area (Å²) in [4.78, 5) is 0. The van der Waals surface area contributed by atoms with Gasteiger partial charge in [-0.3, -0.25) is 0 Å². The van der Waals surface area contributed by atoms with Crippen LogP contribution in [0.2, 0.25) is 0 Å². The Morgan fingerprint density at radius 1 is 1.00 bits per heavy atom. The molecule has 1 aliphatic rings. The van der Waals surface area contributed by atoms with E-state index in [2.05, 4.69) is 52.0 Å². The van der Waals surface area contributed by atoms with Crippen LogP contribution in [0.25, 0.3) is 0 Å². The first kappa shape index (κ1) is 13.5. The average Bonchev–Trinajstić information content (AvgIpc) is 2.26. The molecule has 0 aromatic heterocycles. The zero-order chi connectivity index (χ0) is 12.1. The monoisotopic (exact) mass is 222 g/mol. The van der Waals surface area contributed by atoms with Crippen LogP contribution in [-0.2, 0) is 0 Å². The zero-order valence-corrected chi connectivity index (χ0v) is 11.1. The molecule has 1 nitrogen and oxygen atoms in total. The van der Waals surface area contributed by atoms with Crippen molar-refractivity contribution in [3.63, 3.8) is 0 Å². The molecule has 0 heterocycles. The summed E-state index contributed by atoms with van der Waals surface area (Å²) in [6.45, 7) is 8.65. The maximum Gasteiger partial charge on any atom is 0.0563 e. The second-order valence-electron chi connectivity index (χ2n) is 5.57. The van der Waals surface area contributed by atoms with Crippen LogP contribution in [0.4, 0.5) is 0 Å². The Balaban J connectivity index is 2.33. The molecule has 1 rings (SSSR count). The van der Waals surface area contributed by atoms with Gasteiger partial charge in [-0.15, -0.1) is 0 Å². The topological polar surface area (TPSA) is 20.2 Å². The lowest BCUT2D eigenvalue weighted by Gasteiger charge is -2.23. The third kappa shape index (κ3) is 4.13. The molecule has 0 amide bonds. The summed E-state index contributed by atoms with van der Waals surface area (Å²) in [5, 5.41) is 9.78. The molecule has 2 unspecified atom stereocenters. The molecule has 0 aliphatic heterocycles. The number of hydrogen-bond acceptors (Lipinski definition) is 1. The minimum absolute atomic E-state index is 0.141. The lowest BCUT2D eigenvalue weighted by atomic mass is 9.84. The highest BCUT2D eigenvalue weighted by Crippen LogP contribution is 2.26. The van der Waals surface area contributed by atoms with Crippen molar-refractivity contribution in [1.29, 1.82) is 0 Å². The van der Waals surface area contributed by atoms with E-state index < -0.39 is 0 Å². The molecule has 0 aromatic rings. The molecule has 0 fully saturated rings. The zero-order valence-electron chi connectivity index (χ0n) is 11.1. The quantitative estimate of drug-likeness (QED) is 0.702. The molecule has 1 N–H and O–H groups in total. The van der Waals surface area contributed by atoms with Crippen molar-refractivity contribution in [1.82, 2.24) is 0 Å². The fourth-order valence-corrected chi connectivity index (χ4v) is 2.07. The summed E-state index contributed by atoms with van der Waals surface area (Å²) in [6.07, 6.45) is 11.1. The SMILES string of the molecule is CC1C=CC(C(C)CCC(O)C(C)C)C=C1. The minimum Gasteiger partial charge on any atom is -0.393 e. The second-order valence-corrected chi connectivity index (χ2v) is 5.57.